The van der Waals surface area contributed by atoms with E-state index in [0.29, 0.717) is 35.8 Å². The van der Waals surface area contributed by atoms with Crippen molar-refractivity contribution in [2.45, 2.75) is 25.7 Å². The van der Waals surface area contributed by atoms with Gasteiger partial charge in [-0.1, -0.05) is 84.0 Å². The lowest BCUT2D eigenvalue weighted by Crippen LogP contribution is -2.38. The van der Waals surface area contributed by atoms with Gasteiger partial charge in [-0.2, -0.15) is 0 Å². The molecule has 40 heavy (non-hydrogen) atoms. The second kappa shape index (κ2) is 11.3. The molecule has 8 heteroatoms. The third-order valence-electron chi connectivity index (χ3n) is 7.27. The predicted molar refractivity (Wildman–Crippen MR) is 156 cm³/mol. The van der Waals surface area contributed by atoms with E-state index in [1.165, 1.54) is 11.3 Å². The Morgan fingerprint density at radius 3 is 2.27 bits per heavy atom. The number of carbonyl (C=O) groups is 2. The predicted octanol–water partition coefficient (Wildman–Crippen LogP) is 7.05. The van der Waals surface area contributed by atoms with Gasteiger partial charge in [-0.3, -0.25) is 9.59 Å². The number of likely N-dealkylation sites (tertiary alicyclic amines) is 1. The van der Waals surface area contributed by atoms with E-state index in [1.54, 1.807) is 6.92 Å². The van der Waals surface area contributed by atoms with Crippen LogP contribution in [0.3, 0.4) is 0 Å². The lowest BCUT2D eigenvalue weighted by molar-refractivity contribution is 0.0711. The monoisotopic (exact) mass is 548 g/mol. The number of nitrogens with zero attached hydrogens (tertiary/aromatic N) is 3. The number of piperidine rings is 1. The van der Waals surface area contributed by atoms with Crippen molar-refractivity contribution in [2.24, 2.45) is 0 Å². The van der Waals surface area contributed by atoms with Crippen molar-refractivity contribution in [1.29, 1.82) is 0 Å². The van der Waals surface area contributed by atoms with Crippen LogP contribution in [0, 0.1) is 6.92 Å². The van der Waals surface area contributed by atoms with Gasteiger partial charge in [0, 0.05) is 41.2 Å². The Kier molecular flexibility index (Phi) is 7.25. The van der Waals surface area contributed by atoms with Crippen molar-refractivity contribution in [2.75, 3.05) is 18.4 Å². The molecular weight excluding hydrogens is 520 g/mol. The zero-order valence-electron chi connectivity index (χ0n) is 22.0. The zero-order valence-corrected chi connectivity index (χ0v) is 22.9. The third-order valence-corrected chi connectivity index (χ3v) is 8.28. The van der Waals surface area contributed by atoms with Crippen molar-refractivity contribution in [1.82, 2.24) is 15.0 Å². The average molecular weight is 549 g/mol. The van der Waals surface area contributed by atoms with Gasteiger partial charge in [0.25, 0.3) is 11.8 Å². The van der Waals surface area contributed by atoms with E-state index >= 15 is 0 Å². The van der Waals surface area contributed by atoms with Gasteiger partial charge in [0.2, 0.25) is 0 Å². The number of hydrogen-bond acceptors (Lipinski definition) is 6. The van der Waals surface area contributed by atoms with Crippen LogP contribution in [0.5, 0.6) is 0 Å². The number of rotatable bonds is 6. The molecule has 0 radical (unpaired) electrons. The summed E-state index contributed by atoms with van der Waals surface area (Å²) in [4.78, 5) is 33.2. The molecule has 0 atom stereocenters. The summed E-state index contributed by atoms with van der Waals surface area (Å²) in [6.45, 7) is 2.99. The molecule has 0 saturated carbocycles. The maximum atomic E-state index is 13.5. The molecule has 5 aromatic rings. The highest BCUT2D eigenvalue weighted by Crippen LogP contribution is 2.33. The van der Waals surface area contributed by atoms with Crippen LogP contribution in [-0.4, -0.2) is 39.9 Å². The van der Waals surface area contributed by atoms with Crippen LogP contribution in [-0.2, 0) is 0 Å². The van der Waals surface area contributed by atoms with Crippen molar-refractivity contribution in [3.8, 4) is 22.4 Å². The number of carbonyl (C=O) groups excluding carboxylic acids is 2. The van der Waals surface area contributed by atoms with Crippen LogP contribution >= 0.6 is 11.3 Å². The lowest BCUT2D eigenvalue weighted by atomic mass is 9.96. The molecule has 1 saturated heterocycles. The van der Waals surface area contributed by atoms with E-state index in [0.717, 1.165) is 40.2 Å². The van der Waals surface area contributed by atoms with Crippen LogP contribution in [0.15, 0.2) is 94.8 Å². The fraction of sp³-hybridized carbons (Fsp3) is 0.188. The van der Waals surface area contributed by atoms with Gasteiger partial charge >= 0.3 is 0 Å². The van der Waals surface area contributed by atoms with Crippen molar-refractivity contribution >= 4 is 28.8 Å². The number of nitrogens with one attached hydrogen (secondary N) is 1. The summed E-state index contributed by atoms with van der Waals surface area (Å²) in [6, 6.07) is 27.4. The number of thiazole rings is 1. The fourth-order valence-corrected chi connectivity index (χ4v) is 6.10. The quantitative estimate of drug-likeness (QED) is 0.246. The summed E-state index contributed by atoms with van der Waals surface area (Å²) in [5, 5.41) is 9.96. The minimum Gasteiger partial charge on any atom is -0.360 e. The van der Waals surface area contributed by atoms with E-state index in [4.69, 9.17) is 9.51 Å². The zero-order chi connectivity index (χ0) is 27.5. The van der Waals surface area contributed by atoms with Crippen LogP contribution in [0.25, 0.3) is 22.4 Å². The van der Waals surface area contributed by atoms with Gasteiger partial charge in [-0.25, -0.2) is 4.98 Å². The normalized spacial score (nSPS) is 13.8. The summed E-state index contributed by atoms with van der Waals surface area (Å²) in [7, 11) is 0. The largest absolute Gasteiger partial charge is 0.360 e. The maximum Gasteiger partial charge on any atom is 0.275 e. The standard InChI is InChI=1S/C32H28N4O3S/c1-21-28(29(35-39-21)23-12-6-3-7-13-23)32(38)36-18-16-24(17-19-36)31-34-27(20-40-31)30(37)33-26-15-9-8-14-25(26)22-10-4-2-5-11-22/h2-15,20,24H,16-19H2,1H3,(H,33,37). The van der Waals surface area contributed by atoms with Crippen molar-refractivity contribution < 1.29 is 14.1 Å². The molecule has 1 N–H and O–H groups in total. The van der Waals surface area contributed by atoms with Gasteiger partial charge in [-0.15, -0.1) is 11.3 Å². The molecule has 0 aliphatic carbocycles. The molecule has 2 amide bonds. The minimum atomic E-state index is -0.227. The fourth-order valence-electron chi connectivity index (χ4n) is 5.13. The molecule has 200 valence electrons. The molecule has 1 aliphatic heterocycles. The Morgan fingerprint density at radius 1 is 0.900 bits per heavy atom. The first-order valence-corrected chi connectivity index (χ1v) is 14.2. The third kappa shape index (κ3) is 5.18. The van der Waals surface area contributed by atoms with E-state index in [9.17, 15) is 9.59 Å². The van der Waals surface area contributed by atoms with Crippen molar-refractivity contribution in [3.05, 3.63) is 112 Å². The van der Waals surface area contributed by atoms with Gasteiger partial charge in [0.1, 0.15) is 22.7 Å². The molecule has 1 aliphatic rings. The summed E-state index contributed by atoms with van der Waals surface area (Å²) in [5.74, 6) is 0.432. The first-order valence-electron chi connectivity index (χ1n) is 13.3. The molecule has 7 nitrogen and oxygen atoms in total. The molecule has 2 aromatic heterocycles. The van der Waals surface area contributed by atoms with Crippen LogP contribution in [0.2, 0.25) is 0 Å². The summed E-state index contributed by atoms with van der Waals surface area (Å²) in [5.41, 5.74) is 5.12. The molecule has 3 heterocycles. The van der Waals surface area contributed by atoms with Gasteiger partial charge in [-0.05, 0) is 31.4 Å². The number of aryl methyl sites for hydroxylation is 1. The second-order valence-corrected chi connectivity index (χ2v) is 10.7. The smallest absolute Gasteiger partial charge is 0.275 e. The number of hydrogen-bond donors (Lipinski definition) is 1. The summed E-state index contributed by atoms with van der Waals surface area (Å²) >= 11 is 1.50. The van der Waals surface area contributed by atoms with Gasteiger partial charge < -0.3 is 14.7 Å². The molecule has 0 unspecified atom stereocenters. The molecule has 0 bridgehead atoms. The van der Waals surface area contributed by atoms with Crippen LogP contribution in [0.1, 0.15) is 50.4 Å². The first kappa shape index (κ1) is 25.7. The molecule has 1 fully saturated rings. The Morgan fingerprint density at radius 2 is 1.55 bits per heavy atom. The molecule has 6 rings (SSSR count). The van der Waals surface area contributed by atoms with Crippen molar-refractivity contribution in [3.63, 3.8) is 0 Å². The number of amides is 2. The Hall–Kier alpha value is -4.56. The van der Waals surface area contributed by atoms with E-state index in [2.05, 4.69) is 10.5 Å². The first-order chi connectivity index (χ1) is 19.6. The number of para-hydroxylation sites is 1. The second-order valence-electron chi connectivity index (χ2n) is 9.83. The highest BCUT2D eigenvalue weighted by Gasteiger charge is 2.31. The van der Waals surface area contributed by atoms with Crippen LogP contribution < -0.4 is 5.32 Å². The Bertz CT molecular complexity index is 1640. The highest BCUT2D eigenvalue weighted by atomic mass is 32.1. The average Bonchev–Trinajstić information content (AvgIpc) is 3.66. The van der Waals surface area contributed by atoms with E-state index < -0.39 is 0 Å². The maximum absolute atomic E-state index is 13.5. The number of aromatic nitrogens is 2. The SMILES string of the molecule is Cc1onc(-c2ccccc2)c1C(=O)N1CCC(c2nc(C(=O)Nc3ccccc3-c3ccccc3)cs2)CC1. The molecular formula is C32H28N4O3S. The topological polar surface area (TPSA) is 88.3 Å². The van der Waals surface area contributed by atoms with E-state index in [1.807, 2.05) is 95.2 Å². The Balaban J connectivity index is 1.11. The lowest BCUT2D eigenvalue weighted by Gasteiger charge is -2.31. The van der Waals surface area contributed by atoms with Crippen LogP contribution in [0.4, 0.5) is 5.69 Å². The molecule has 0 spiro atoms. The Labute approximate surface area is 236 Å². The van der Waals surface area contributed by atoms with Gasteiger partial charge in [0.05, 0.1) is 5.01 Å². The summed E-state index contributed by atoms with van der Waals surface area (Å²) < 4.78 is 5.41. The highest BCUT2D eigenvalue weighted by molar-refractivity contribution is 7.10. The summed E-state index contributed by atoms with van der Waals surface area (Å²) in [6.07, 6.45) is 1.56. The van der Waals surface area contributed by atoms with E-state index in [-0.39, 0.29) is 17.7 Å². The van der Waals surface area contributed by atoms with Gasteiger partial charge in [0.15, 0.2) is 0 Å². The number of benzene rings is 3. The molecule has 3 aromatic carbocycles. The number of anilines is 1. The minimum absolute atomic E-state index is 0.0626.